The van der Waals surface area contributed by atoms with E-state index in [1.54, 1.807) is 6.92 Å². The number of nitrogens with zero attached hydrogens (tertiary/aromatic N) is 2. The molecule has 0 aliphatic heterocycles. The second kappa shape index (κ2) is 9.51. The lowest BCUT2D eigenvalue weighted by molar-refractivity contribution is -0.157. The SMILES string of the molecule is CC[C@H](N)C(=O)N(C)C(C(=O)N(C)[C@@H](CC(=O)O)C(=O)O)C1CCCC1. The van der Waals surface area contributed by atoms with Gasteiger partial charge in [0.15, 0.2) is 0 Å². The number of aliphatic carboxylic acids is 2. The molecule has 9 heteroatoms. The largest absolute Gasteiger partial charge is 0.481 e. The molecule has 0 radical (unpaired) electrons. The van der Waals surface area contributed by atoms with Gasteiger partial charge in [0.05, 0.1) is 12.5 Å². The van der Waals surface area contributed by atoms with Crippen LogP contribution in [0.5, 0.6) is 0 Å². The molecule has 1 fully saturated rings. The number of rotatable bonds is 9. The van der Waals surface area contributed by atoms with E-state index < -0.39 is 42.4 Å². The van der Waals surface area contributed by atoms with Gasteiger partial charge in [-0.15, -0.1) is 0 Å². The highest BCUT2D eigenvalue weighted by Gasteiger charge is 2.41. The standard InChI is InChI=1S/C17H29N3O6/c1-4-11(18)15(23)20(3)14(10-7-5-6-8-10)16(24)19(2)12(17(25)26)9-13(21)22/h10-12,14H,4-9,18H2,1-3H3,(H,21,22)(H,25,26)/t11-,12-,14?/m0/s1. The Morgan fingerprint density at radius 2 is 1.58 bits per heavy atom. The number of amides is 2. The second-order valence-corrected chi connectivity index (χ2v) is 6.85. The summed E-state index contributed by atoms with van der Waals surface area (Å²) < 4.78 is 0. The number of carboxylic acid groups (broad SMARTS) is 2. The fourth-order valence-corrected chi connectivity index (χ4v) is 3.45. The quantitative estimate of drug-likeness (QED) is 0.523. The average Bonchev–Trinajstić information content (AvgIpc) is 3.11. The molecule has 0 saturated heterocycles. The molecule has 26 heavy (non-hydrogen) atoms. The highest BCUT2D eigenvalue weighted by atomic mass is 16.4. The number of likely N-dealkylation sites (N-methyl/N-ethyl adjacent to an activating group) is 2. The van der Waals surface area contributed by atoms with E-state index in [9.17, 15) is 24.3 Å². The Kier molecular flexibility index (Phi) is 8.01. The zero-order valence-corrected chi connectivity index (χ0v) is 15.6. The molecular formula is C17H29N3O6. The smallest absolute Gasteiger partial charge is 0.327 e. The van der Waals surface area contributed by atoms with Crippen molar-refractivity contribution in [2.24, 2.45) is 11.7 Å². The lowest BCUT2D eigenvalue weighted by atomic mass is 9.94. The van der Waals surface area contributed by atoms with Gasteiger partial charge in [0, 0.05) is 14.1 Å². The van der Waals surface area contributed by atoms with Crippen molar-refractivity contribution >= 4 is 23.8 Å². The van der Waals surface area contributed by atoms with Gasteiger partial charge >= 0.3 is 11.9 Å². The van der Waals surface area contributed by atoms with E-state index in [0.29, 0.717) is 6.42 Å². The molecule has 3 atom stereocenters. The molecule has 9 nitrogen and oxygen atoms in total. The van der Waals surface area contributed by atoms with Crippen LogP contribution in [0.15, 0.2) is 0 Å². The Bertz CT molecular complexity index is 547. The molecule has 1 unspecified atom stereocenters. The maximum atomic E-state index is 13.0. The molecule has 1 aliphatic carbocycles. The third kappa shape index (κ3) is 5.17. The Morgan fingerprint density at radius 1 is 1.04 bits per heavy atom. The molecule has 2 amide bonds. The summed E-state index contributed by atoms with van der Waals surface area (Å²) >= 11 is 0. The van der Waals surface area contributed by atoms with E-state index in [1.807, 2.05) is 0 Å². The van der Waals surface area contributed by atoms with Crippen molar-refractivity contribution in [3.05, 3.63) is 0 Å². The van der Waals surface area contributed by atoms with Crippen LogP contribution in [0.1, 0.15) is 45.4 Å². The van der Waals surface area contributed by atoms with Gasteiger partial charge in [-0.1, -0.05) is 19.8 Å². The van der Waals surface area contributed by atoms with E-state index >= 15 is 0 Å². The van der Waals surface area contributed by atoms with Gasteiger partial charge in [-0.2, -0.15) is 0 Å². The summed E-state index contributed by atoms with van der Waals surface area (Å²) in [5.74, 6) is -3.75. The number of carbonyl (C=O) groups excluding carboxylic acids is 2. The van der Waals surface area contributed by atoms with Crippen molar-refractivity contribution in [1.29, 1.82) is 0 Å². The summed E-state index contributed by atoms with van der Waals surface area (Å²) in [6, 6.07) is -3.08. The zero-order chi connectivity index (χ0) is 20.0. The Labute approximate surface area is 153 Å². The molecule has 0 spiro atoms. The number of nitrogens with two attached hydrogens (primary N) is 1. The maximum absolute atomic E-state index is 13.0. The molecule has 1 rings (SSSR count). The van der Waals surface area contributed by atoms with Crippen molar-refractivity contribution in [3.63, 3.8) is 0 Å². The molecule has 0 aromatic heterocycles. The molecule has 4 N–H and O–H groups in total. The molecule has 0 heterocycles. The minimum absolute atomic E-state index is 0.0952. The molecule has 0 bridgehead atoms. The van der Waals surface area contributed by atoms with E-state index in [0.717, 1.165) is 30.6 Å². The van der Waals surface area contributed by atoms with Gasteiger partial charge in [-0.25, -0.2) is 4.79 Å². The van der Waals surface area contributed by atoms with Gasteiger partial charge in [-0.05, 0) is 25.2 Å². The number of hydrogen-bond acceptors (Lipinski definition) is 5. The van der Waals surface area contributed by atoms with E-state index in [-0.39, 0.29) is 11.8 Å². The Morgan fingerprint density at radius 3 is 2.00 bits per heavy atom. The van der Waals surface area contributed by atoms with Crippen LogP contribution in [0, 0.1) is 5.92 Å². The summed E-state index contributed by atoms with van der Waals surface area (Å²) in [6.45, 7) is 1.77. The van der Waals surface area contributed by atoms with E-state index in [1.165, 1.54) is 19.0 Å². The van der Waals surface area contributed by atoms with Crippen molar-refractivity contribution in [2.45, 2.75) is 63.6 Å². The first-order valence-corrected chi connectivity index (χ1v) is 8.85. The van der Waals surface area contributed by atoms with Crippen LogP contribution in [-0.4, -0.2) is 76.0 Å². The van der Waals surface area contributed by atoms with Gasteiger partial charge in [0.2, 0.25) is 11.8 Å². The summed E-state index contributed by atoms with van der Waals surface area (Å²) in [4.78, 5) is 50.2. The maximum Gasteiger partial charge on any atom is 0.327 e. The topological polar surface area (TPSA) is 141 Å². The molecule has 1 aliphatic rings. The Balaban J connectivity index is 3.11. The lowest BCUT2D eigenvalue weighted by Crippen LogP contribution is -2.57. The van der Waals surface area contributed by atoms with E-state index in [2.05, 4.69) is 0 Å². The van der Waals surface area contributed by atoms with Crippen molar-refractivity contribution in [1.82, 2.24) is 9.80 Å². The highest BCUT2D eigenvalue weighted by molar-refractivity contribution is 5.92. The highest BCUT2D eigenvalue weighted by Crippen LogP contribution is 2.31. The van der Waals surface area contributed by atoms with Gasteiger partial charge < -0.3 is 25.7 Å². The number of carbonyl (C=O) groups is 4. The second-order valence-electron chi connectivity index (χ2n) is 6.85. The predicted molar refractivity (Wildman–Crippen MR) is 93.2 cm³/mol. The minimum atomic E-state index is -1.49. The van der Waals surface area contributed by atoms with Gasteiger partial charge in [0.1, 0.15) is 12.1 Å². The van der Waals surface area contributed by atoms with Crippen LogP contribution in [0.25, 0.3) is 0 Å². The van der Waals surface area contributed by atoms with Gasteiger partial charge in [0.25, 0.3) is 0 Å². The van der Waals surface area contributed by atoms with Crippen LogP contribution < -0.4 is 5.73 Å². The summed E-state index contributed by atoms with van der Waals surface area (Å²) in [6.07, 6.45) is 3.07. The van der Waals surface area contributed by atoms with Crippen molar-refractivity contribution in [3.8, 4) is 0 Å². The van der Waals surface area contributed by atoms with Crippen LogP contribution in [0.2, 0.25) is 0 Å². The van der Waals surface area contributed by atoms with Crippen LogP contribution >= 0.6 is 0 Å². The first kappa shape index (κ1) is 21.9. The van der Waals surface area contributed by atoms with Crippen molar-refractivity contribution in [2.75, 3.05) is 14.1 Å². The van der Waals surface area contributed by atoms with Crippen LogP contribution in [0.3, 0.4) is 0 Å². The molecule has 0 aromatic carbocycles. The predicted octanol–water partition coefficient (Wildman–Crippen LogP) is 0.127. The normalized spacial score (nSPS) is 18.0. The fraction of sp³-hybridized carbons (Fsp3) is 0.765. The van der Waals surface area contributed by atoms with Crippen molar-refractivity contribution < 1.29 is 29.4 Å². The van der Waals surface area contributed by atoms with Gasteiger partial charge in [-0.3, -0.25) is 14.4 Å². The first-order chi connectivity index (χ1) is 12.1. The van der Waals surface area contributed by atoms with Crippen LogP contribution in [-0.2, 0) is 19.2 Å². The first-order valence-electron chi connectivity index (χ1n) is 8.85. The number of carboxylic acids is 2. The minimum Gasteiger partial charge on any atom is -0.481 e. The molecule has 0 aromatic rings. The lowest BCUT2D eigenvalue weighted by Gasteiger charge is -2.37. The summed E-state index contributed by atoms with van der Waals surface area (Å²) in [5.41, 5.74) is 5.82. The number of hydrogen-bond donors (Lipinski definition) is 3. The Hall–Kier alpha value is -2.16. The fourth-order valence-electron chi connectivity index (χ4n) is 3.45. The zero-order valence-electron chi connectivity index (χ0n) is 15.6. The molecular weight excluding hydrogens is 342 g/mol. The molecule has 1 saturated carbocycles. The van der Waals surface area contributed by atoms with Crippen LogP contribution in [0.4, 0.5) is 0 Å². The monoisotopic (exact) mass is 371 g/mol. The third-order valence-corrected chi connectivity index (χ3v) is 5.09. The average molecular weight is 371 g/mol. The summed E-state index contributed by atoms with van der Waals surface area (Å²) in [5, 5.41) is 18.2. The summed E-state index contributed by atoms with van der Waals surface area (Å²) in [7, 11) is 2.77. The molecule has 148 valence electrons. The van der Waals surface area contributed by atoms with E-state index in [4.69, 9.17) is 10.8 Å². The third-order valence-electron chi connectivity index (χ3n) is 5.09.